The number of hydrogen-bond acceptors (Lipinski definition) is 2. The molecular weight excluding hydrogens is 286 g/mol. The number of nitrogens with one attached hydrogen (secondary N) is 2. The van der Waals surface area contributed by atoms with Crippen molar-refractivity contribution in [1.29, 1.82) is 0 Å². The van der Waals surface area contributed by atoms with Gasteiger partial charge in [0.05, 0.1) is 19.6 Å². The molecule has 1 aliphatic heterocycles. The molecule has 0 aromatic heterocycles. The van der Waals surface area contributed by atoms with Crippen LogP contribution in [0.3, 0.4) is 0 Å². The number of rotatable bonds is 5. The fourth-order valence-corrected chi connectivity index (χ4v) is 3.14. The van der Waals surface area contributed by atoms with Crippen molar-refractivity contribution in [3.63, 3.8) is 0 Å². The Labute approximate surface area is 140 Å². The van der Waals surface area contributed by atoms with Crippen LogP contribution in [0.25, 0.3) is 0 Å². The van der Waals surface area contributed by atoms with Crippen LogP contribution in [0.5, 0.6) is 0 Å². The number of quaternary nitrogens is 1. The van der Waals surface area contributed by atoms with E-state index in [2.05, 4.69) is 48.6 Å². The van der Waals surface area contributed by atoms with Gasteiger partial charge in [0.15, 0.2) is 0 Å². The largest absolute Gasteiger partial charge is 0.378 e. The van der Waals surface area contributed by atoms with Gasteiger partial charge in [0.25, 0.3) is 0 Å². The maximum atomic E-state index is 12.2. The topological polar surface area (TPSA) is 36.8 Å². The molecule has 1 aromatic rings. The predicted octanol–water partition coefficient (Wildman–Crippen LogP) is 1.63. The predicted molar refractivity (Wildman–Crippen MR) is 95.9 cm³/mol. The van der Waals surface area contributed by atoms with Crippen molar-refractivity contribution in [3.05, 3.63) is 29.8 Å². The lowest BCUT2D eigenvalue weighted by molar-refractivity contribution is -0.918. The molecule has 2 rings (SSSR count). The van der Waals surface area contributed by atoms with Crippen LogP contribution in [0.15, 0.2) is 24.3 Å². The summed E-state index contributed by atoms with van der Waals surface area (Å²) in [6, 6.07) is 9.12. The highest BCUT2D eigenvalue weighted by molar-refractivity contribution is 5.81. The molecule has 23 heavy (non-hydrogen) atoms. The van der Waals surface area contributed by atoms with Gasteiger partial charge in [-0.05, 0) is 12.1 Å². The molecule has 0 saturated carbocycles. The number of carbonyl (C=O) groups is 1. The van der Waals surface area contributed by atoms with E-state index < -0.39 is 0 Å². The van der Waals surface area contributed by atoms with Crippen molar-refractivity contribution in [2.45, 2.75) is 39.7 Å². The van der Waals surface area contributed by atoms with Crippen molar-refractivity contribution in [2.24, 2.45) is 5.41 Å². The number of carbonyl (C=O) groups excluding carboxylic acids is 1. The second-order valence-corrected chi connectivity index (χ2v) is 7.86. The quantitative estimate of drug-likeness (QED) is 0.866. The zero-order valence-electron chi connectivity index (χ0n) is 15.3. The van der Waals surface area contributed by atoms with E-state index in [4.69, 9.17) is 0 Å². The van der Waals surface area contributed by atoms with Crippen molar-refractivity contribution in [2.75, 3.05) is 38.6 Å². The summed E-state index contributed by atoms with van der Waals surface area (Å²) in [7, 11) is 4.11. The van der Waals surface area contributed by atoms with Gasteiger partial charge in [-0.1, -0.05) is 32.9 Å². The number of benzene rings is 1. The van der Waals surface area contributed by atoms with Gasteiger partial charge >= 0.3 is 0 Å². The maximum Gasteiger partial charge on any atom is 0.225 e. The zero-order chi connectivity index (χ0) is 17.0. The van der Waals surface area contributed by atoms with Gasteiger partial charge in [-0.3, -0.25) is 4.79 Å². The van der Waals surface area contributed by atoms with Crippen LogP contribution >= 0.6 is 0 Å². The van der Waals surface area contributed by atoms with E-state index in [1.807, 2.05) is 20.8 Å². The molecule has 128 valence electrons. The lowest BCUT2D eigenvalue weighted by Crippen LogP contribution is -3.11. The molecular formula is C19H32N3O+. The summed E-state index contributed by atoms with van der Waals surface area (Å²) in [6.07, 6.45) is 2.57. The molecule has 1 saturated heterocycles. The third-order valence-corrected chi connectivity index (χ3v) is 4.70. The van der Waals surface area contributed by atoms with E-state index in [9.17, 15) is 4.79 Å². The van der Waals surface area contributed by atoms with Crippen LogP contribution in [-0.2, 0) is 4.79 Å². The Bertz CT molecular complexity index is 510. The molecule has 1 aliphatic rings. The Morgan fingerprint density at radius 2 is 1.74 bits per heavy atom. The van der Waals surface area contributed by atoms with Gasteiger partial charge in [-0.25, -0.2) is 0 Å². The molecule has 1 fully saturated rings. The molecule has 4 nitrogen and oxygen atoms in total. The number of likely N-dealkylation sites (tertiary alicyclic amines) is 1. The monoisotopic (exact) mass is 318 g/mol. The molecule has 0 spiro atoms. The summed E-state index contributed by atoms with van der Waals surface area (Å²) in [5.41, 5.74) is 2.20. The molecule has 2 N–H and O–H groups in total. The average molecular weight is 318 g/mol. The molecule has 4 heteroatoms. The maximum absolute atomic E-state index is 12.2. The first-order valence-electron chi connectivity index (χ1n) is 8.69. The van der Waals surface area contributed by atoms with Crippen LogP contribution in [0.4, 0.5) is 5.69 Å². The summed E-state index contributed by atoms with van der Waals surface area (Å²) >= 11 is 0. The summed E-state index contributed by atoms with van der Waals surface area (Å²) in [4.78, 5) is 15.9. The minimum Gasteiger partial charge on any atom is -0.378 e. The van der Waals surface area contributed by atoms with E-state index in [0.29, 0.717) is 12.6 Å². The van der Waals surface area contributed by atoms with Crippen LogP contribution < -0.4 is 15.1 Å². The summed E-state index contributed by atoms with van der Waals surface area (Å²) < 4.78 is 0. The van der Waals surface area contributed by atoms with Crippen LogP contribution in [-0.4, -0.2) is 39.6 Å². The van der Waals surface area contributed by atoms with Crippen molar-refractivity contribution in [3.8, 4) is 0 Å². The van der Waals surface area contributed by atoms with Crippen molar-refractivity contribution < 1.29 is 9.69 Å². The Kier molecular flexibility index (Phi) is 5.69. The van der Waals surface area contributed by atoms with Gasteiger partial charge in [0.2, 0.25) is 5.91 Å². The van der Waals surface area contributed by atoms with Crippen LogP contribution in [0.2, 0.25) is 0 Å². The summed E-state index contributed by atoms with van der Waals surface area (Å²) in [6.45, 7) is 9.01. The summed E-state index contributed by atoms with van der Waals surface area (Å²) in [5.74, 6) is 0.131. The average Bonchev–Trinajstić information content (AvgIpc) is 3.01. The first-order valence-corrected chi connectivity index (χ1v) is 8.69. The zero-order valence-corrected chi connectivity index (χ0v) is 15.3. The fourth-order valence-electron chi connectivity index (χ4n) is 3.14. The third kappa shape index (κ3) is 4.71. The third-order valence-electron chi connectivity index (χ3n) is 4.70. The fraction of sp³-hybridized carbons (Fsp3) is 0.632. The van der Waals surface area contributed by atoms with Crippen molar-refractivity contribution >= 4 is 11.6 Å². The smallest absolute Gasteiger partial charge is 0.225 e. The second-order valence-electron chi connectivity index (χ2n) is 7.86. The Morgan fingerprint density at radius 1 is 1.17 bits per heavy atom. The molecule has 0 unspecified atom stereocenters. The van der Waals surface area contributed by atoms with E-state index in [-0.39, 0.29) is 11.3 Å². The molecule has 1 aromatic carbocycles. The van der Waals surface area contributed by atoms with E-state index in [1.54, 1.807) is 4.90 Å². The Hall–Kier alpha value is -1.55. The number of anilines is 1. The first-order chi connectivity index (χ1) is 10.8. The van der Waals surface area contributed by atoms with Gasteiger partial charge in [0.1, 0.15) is 6.04 Å². The lowest BCUT2D eigenvalue weighted by Gasteiger charge is -2.27. The number of amides is 1. The minimum atomic E-state index is -0.334. The first kappa shape index (κ1) is 17.8. The molecule has 0 bridgehead atoms. The Morgan fingerprint density at radius 3 is 2.22 bits per heavy atom. The highest BCUT2D eigenvalue weighted by Gasteiger charge is 2.29. The number of nitrogens with zero attached hydrogens (tertiary/aromatic N) is 1. The molecule has 1 atom stereocenters. The van der Waals surface area contributed by atoms with Crippen molar-refractivity contribution in [1.82, 2.24) is 5.32 Å². The number of hydrogen-bond donors (Lipinski definition) is 2. The molecule has 0 aliphatic carbocycles. The van der Waals surface area contributed by atoms with Gasteiger partial charge in [0, 0.05) is 43.6 Å². The molecule has 1 heterocycles. The lowest BCUT2D eigenvalue weighted by atomic mass is 9.95. The summed E-state index contributed by atoms with van der Waals surface area (Å²) in [5, 5.41) is 3.17. The Balaban J connectivity index is 2.12. The van der Waals surface area contributed by atoms with E-state index in [0.717, 1.165) is 0 Å². The second kappa shape index (κ2) is 7.35. The van der Waals surface area contributed by atoms with E-state index in [1.165, 1.54) is 37.2 Å². The SMILES string of the molecule is CN(C)c1ccc([C@@H](CNC(=O)C(C)(C)C)[NH+]2CCCC2)cc1. The van der Waals surface area contributed by atoms with E-state index >= 15 is 0 Å². The highest BCUT2D eigenvalue weighted by Crippen LogP contribution is 2.18. The van der Waals surface area contributed by atoms with Gasteiger partial charge in [-0.15, -0.1) is 0 Å². The molecule has 1 amide bonds. The standard InChI is InChI=1S/C19H31N3O/c1-19(2,3)18(23)20-14-17(22-12-6-7-13-22)15-8-10-16(11-9-15)21(4)5/h8-11,17H,6-7,12-14H2,1-5H3,(H,20,23)/p+1/t17-/m1/s1. The molecule has 0 radical (unpaired) electrons. The highest BCUT2D eigenvalue weighted by atomic mass is 16.2. The normalized spacial score (nSPS) is 17.1. The minimum absolute atomic E-state index is 0.131. The van der Waals surface area contributed by atoms with Crippen LogP contribution in [0.1, 0.15) is 45.2 Å². The van der Waals surface area contributed by atoms with Crippen LogP contribution in [0, 0.1) is 5.41 Å². The van der Waals surface area contributed by atoms with Gasteiger partial charge < -0.3 is 15.1 Å². The van der Waals surface area contributed by atoms with Gasteiger partial charge in [-0.2, -0.15) is 0 Å².